The lowest BCUT2D eigenvalue weighted by atomic mass is 9.95. The SMILES string of the molecule is CC(C)(C)C(=O)NC(=O)c1cncc([N+](=O)[O-])c1. The summed E-state index contributed by atoms with van der Waals surface area (Å²) in [6.07, 6.45) is 2.20. The van der Waals surface area contributed by atoms with Crippen molar-refractivity contribution in [3.8, 4) is 0 Å². The van der Waals surface area contributed by atoms with Crippen molar-refractivity contribution in [1.82, 2.24) is 10.3 Å². The molecular formula is C11H13N3O4. The minimum atomic E-state index is -0.718. The summed E-state index contributed by atoms with van der Waals surface area (Å²) in [5, 5.41) is 12.7. The van der Waals surface area contributed by atoms with Gasteiger partial charge in [0.2, 0.25) is 5.91 Å². The number of pyridine rings is 1. The number of amides is 2. The first-order valence-corrected chi connectivity index (χ1v) is 5.17. The number of nitrogens with one attached hydrogen (secondary N) is 1. The monoisotopic (exact) mass is 251 g/mol. The molecule has 0 saturated carbocycles. The molecule has 7 nitrogen and oxygen atoms in total. The molecule has 0 unspecified atom stereocenters. The van der Waals surface area contributed by atoms with Crippen LogP contribution in [-0.4, -0.2) is 21.7 Å². The van der Waals surface area contributed by atoms with Gasteiger partial charge in [-0.15, -0.1) is 0 Å². The second kappa shape index (κ2) is 4.91. The van der Waals surface area contributed by atoms with Crippen LogP contribution >= 0.6 is 0 Å². The first kappa shape index (κ1) is 13.8. The van der Waals surface area contributed by atoms with Gasteiger partial charge in [0.25, 0.3) is 11.6 Å². The van der Waals surface area contributed by atoms with Crippen LogP contribution in [0.1, 0.15) is 31.1 Å². The zero-order chi connectivity index (χ0) is 13.9. The van der Waals surface area contributed by atoms with E-state index in [2.05, 4.69) is 10.3 Å². The Bertz CT molecular complexity index is 505. The molecule has 7 heteroatoms. The lowest BCUT2D eigenvalue weighted by molar-refractivity contribution is -0.385. The number of carbonyl (C=O) groups is 2. The molecular weight excluding hydrogens is 238 g/mol. The summed E-state index contributed by atoms with van der Waals surface area (Å²) in [7, 11) is 0. The van der Waals surface area contributed by atoms with Crippen molar-refractivity contribution in [2.45, 2.75) is 20.8 Å². The van der Waals surface area contributed by atoms with Gasteiger partial charge in [0.15, 0.2) is 0 Å². The molecule has 0 fully saturated rings. The van der Waals surface area contributed by atoms with Gasteiger partial charge in [-0.05, 0) is 0 Å². The number of aromatic nitrogens is 1. The maximum Gasteiger partial charge on any atom is 0.288 e. The number of hydrogen-bond acceptors (Lipinski definition) is 5. The first-order chi connectivity index (χ1) is 8.21. The molecule has 0 aromatic carbocycles. The Morgan fingerprint density at radius 2 is 1.94 bits per heavy atom. The fourth-order valence-electron chi connectivity index (χ4n) is 1.01. The highest BCUT2D eigenvalue weighted by Gasteiger charge is 2.24. The average molecular weight is 251 g/mol. The Morgan fingerprint density at radius 1 is 1.33 bits per heavy atom. The summed E-state index contributed by atoms with van der Waals surface area (Å²) < 4.78 is 0. The lowest BCUT2D eigenvalue weighted by Crippen LogP contribution is -2.38. The second-order valence-corrected chi connectivity index (χ2v) is 4.72. The third kappa shape index (κ3) is 3.34. The van der Waals surface area contributed by atoms with Crippen LogP contribution in [0.4, 0.5) is 5.69 Å². The van der Waals surface area contributed by atoms with Gasteiger partial charge in [0.05, 0.1) is 10.5 Å². The van der Waals surface area contributed by atoms with E-state index < -0.39 is 22.2 Å². The molecule has 0 aliphatic heterocycles. The van der Waals surface area contributed by atoms with E-state index in [0.29, 0.717) is 0 Å². The predicted octanol–water partition coefficient (Wildman–Crippen LogP) is 1.29. The zero-order valence-electron chi connectivity index (χ0n) is 10.3. The molecule has 0 saturated heterocycles. The van der Waals surface area contributed by atoms with Gasteiger partial charge in [0, 0.05) is 17.7 Å². The third-order valence-electron chi connectivity index (χ3n) is 2.11. The van der Waals surface area contributed by atoms with Crippen LogP contribution in [0.15, 0.2) is 18.5 Å². The van der Waals surface area contributed by atoms with Gasteiger partial charge in [-0.3, -0.25) is 30.0 Å². The molecule has 96 valence electrons. The van der Waals surface area contributed by atoms with Crippen molar-refractivity contribution in [3.63, 3.8) is 0 Å². The Hall–Kier alpha value is -2.31. The minimum absolute atomic E-state index is 0.0261. The Balaban J connectivity index is 2.89. The van der Waals surface area contributed by atoms with E-state index in [-0.39, 0.29) is 11.3 Å². The van der Waals surface area contributed by atoms with Crippen LogP contribution in [0, 0.1) is 15.5 Å². The maximum atomic E-state index is 11.7. The number of carbonyl (C=O) groups excluding carboxylic acids is 2. The summed E-state index contributed by atoms with van der Waals surface area (Å²) >= 11 is 0. The van der Waals surface area contributed by atoms with Crippen molar-refractivity contribution < 1.29 is 14.5 Å². The van der Waals surface area contributed by atoms with Crippen molar-refractivity contribution in [3.05, 3.63) is 34.1 Å². The maximum absolute atomic E-state index is 11.7. The Labute approximate surface area is 103 Å². The van der Waals surface area contributed by atoms with E-state index in [1.807, 2.05) is 0 Å². The van der Waals surface area contributed by atoms with Crippen molar-refractivity contribution in [1.29, 1.82) is 0 Å². The normalized spacial score (nSPS) is 10.8. The minimum Gasteiger partial charge on any atom is -0.292 e. The van der Waals surface area contributed by atoms with E-state index in [1.165, 1.54) is 0 Å². The van der Waals surface area contributed by atoms with E-state index >= 15 is 0 Å². The molecule has 18 heavy (non-hydrogen) atoms. The molecule has 0 atom stereocenters. The molecule has 1 heterocycles. The first-order valence-electron chi connectivity index (χ1n) is 5.17. The van der Waals surface area contributed by atoms with Crippen LogP contribution in [-0.2, 0) is 4.79 Å². The summed E-state index contributed by atoms with van der Waals surface area (Å²) in [4.78, 5) is 36.7. The zero-order valence-corrected chi connectivity index (χ0v) is 10.3. The molecule has 1 aromatic rings. The van der Waals surface area contributed by atoms with E-state index in [0.717, 1.165) is 18.5 Å². The number of imide groups is 1. The van der Waals surface area contributed by atoms with E-state index in [4.69, 9.17) is 0 Å². The molecule has 1 N–H and O–H groups in total. The van der Waals surface area contributed by atoms with Crippen molar-refractivity contribution in [2.24, 2.45) is 5.41 Å². The van der Waals surface area contributed by atoms with Gasteiger partial charge < -0.3 is 0 Å². The second-order valence-electron chi connectivity index (χ2n) is 4.72. The van der Waals surface area contributed by atoms with Crippen LogP contribution < -0.4 is 5.32 Å². The molecule has 2 amide bonds. The fourth-order valence-corrected chi connectivity index (χ4v) is 1.01. The predicted molar refractivity (Wildman–Crippen MR) is 62.8 cm³/mol. The average Bonchev–Trinajstić information content (AvgIpc) is 2.27. The molecule has 0 bridgehead atoms. The quantitative estimate of drug-likeness (QED) is 0.630. The largest absolute Gasteiger partial charge is 0.292 e. The number of hydrogen-bond donors (Lipinski definition) is 1. The number of nitro groups is 1. The number of rotatable bonds is 2. The highest BCUT2D eigenvalue weighted by molar-refractivity contribution is 6.06. The topological polar surface area (TPSA) is 102 Å². The van der Waals surface area contributed by atoms with Crippen molar-refractivity contribution >= 4 is 17.5 Å². The van der Waals surface area contributed by atoms with E-state index in [9.17, 15) is 19.7 Å². The Kier molecular flexibility index (Phi) is 3.75. The Morgan fingerprint density at radius 3 is 2.44 bits per heavy atom. The standard InChI is InChI=1S/C11H13N3O4/c1-11(2,3)10(16)13-9(15)7-4-8(14(17)18)6-12-5-7/h4-6H,1-3H3,(H,13,15,16). The highest BCUT2D eigenvalue weighted by Crippen LogP contribution is 2.14. The van der Waals surface area contributed by atoms with Crippen LogP contribution in [0.5, 0.6) is 0 Å². The molecule has 1 rings (SSSR count). The van der Waals surface area contributed by atoms with E-state index in [1.54, 1.807) is 20.8 Å². The summed E-state index contributed by atoms with van der Waals surface area (Å²) in [5.74, 6) is -1.16. The lowest BCUT2D eigenvalue weighted by Gasteiger charge is -2.16. The van der Waals surface area contributed by atoms with Gasteiger partial charge in [-0.25, -0.2) is 0 Å². The molecule has 0 aliphatic carbocycles. The summed E-state index contributed by atoms with van der Waals surface area (Å²) in [6.45, 7) is 4.96. The molecule has 1 aromatic heterocycles. The highest BCUT2D eigenvalue weighted by atomic mass is 16.6. The molecule has 0 radical (unpaired) electrons. The van der Waals surface area contributed by atoms with Crippen molar-refractivity contribution in [2.75, 3.05) is 0 Å². The third-order valence-corrected chi connectivity index (χ3v) is 2.11. The van der Waals surface area contributed by atoms with Crippen LogP contribution in [0.2, 0.25) is 0 Å². The smallest absolute Gasteiger partial charge is 0.288 e. The number of nitrogens with zero attached hydrogens (tertiary/aromatic N) is 2. The molecule has 0 aliphatic rings. The van der Waals surface area contributed by atoms with Gasteiger partial charge in [-0.2, -0.15) is 0 Å². The van der Waals surface area contributed by atoms with Gasteiger partial charge >= 0.3 is 0 Å². The van der Waals surface area contributed by atoms with Crippen LogP contribution in [0.3, 0.4) is 0 Å². The summed E-state index contributed by atoms with van der Waals surface area (Å²) in [5.41, 5.74) is -1.04. The fraction of sp³-hybridized carbons (Fsp3) is 0.364. The van der Waals surface area contributed by atoms with Crippen LogP contribution in [0.25, 0.3) is 0 Å². The van der Waals surface area contributed by atoms with Gasteiger partial charge in [0.1, 0.15) is 6.20 Å². The summed E-state index contributed by atoms with van der Waals surface area (Å²) in [6, 6.07) is 1.07. The molecule has 0 spiro atoms. The van der Waals surface area contributed by atoms with Gasteiger partial charge in [-0.1, -0.05) is 20.8 Å².